The number of unbranched alkanes of at least 4 members (excludes halogenated alkanes) is 5. The van der Waals surface area contributed by atoms with Crippen LogP contribution in [0.1, 0.15) is 136 Å². The Balaban J connectivity index is 2.31. The number of aliphatic hydroxyl groups excluding tert-OH is 6. The summed E-state index contributed by atoms with van der Waals surface area (Å²) in [5.74, 6) is -5.82. The minimum atomic E-state index is -5.80. The van der Waals surface area contributed by atoms with Gasteiger partial charge in [-0.15, -0.1) is 0 Å². The van der Waals surface area contributed by atoms with Gasteiger partial charge in [-0.1, -0.05) is 131 Å². The van der Waals surface area contributed by atoms with Crippen LogP contribution in [0.4, 0.5) is 0 Å². The van der Waals surface area contributed by atoms with E-state index in [1.807, 2.05) is 25.2 Å². The van der Waals surface area contributed by atoms with Crippen molar-refractivity contribution in [2.24, 2.45) is 11.8 Å². The van der Waals surface area contributed by atoms with E-state index in [1.54, 1.807) is 12.2 Å². The minimum absolute atomic E-state index is 0.132. The van der Waals surface area contributed by atoms with Crippen molar-refractivity contribution in [1.29, 1.82) is 0 Å². The van der Waals surface area contributed by atoms with Crippen LogP contribution in [0.5, 0.6) is 0 Å². The Labute approximate surface area is 424 Å². The number of carbonyl (C=O) groups excluding carboxylic acids is 3. The first-order valence-corrected chi connectivity index (χ1v) is 28.3. The van der Waals surface area contributed by atoms with Gasteiger partial charge in [-0.05, 0) is 70.6 Å². The van der Waals surface area contributed by atoms with Gasteiger partial charge in [-0.25, -0.2) is 9.13 Å². The van der Waals surface area contributed by atoms with E-state index < -0.39 is 120 Å². The average molecular weight is 1060 g/mol. The van der Waals surface area contributed by atoms with Gasteiger partial charge in [0.05, 0.1) is 31.0 Å². The number of phosphoric ester groups is 2. The normalized spacial score (nSPS) is 30.3. The number of ketones is 1. The highest BCUT2D eigenvalue weighted by Gasteiger charge is 2.51. The summed E-state index contributed by atoms with van der Waals surface area (Å²) in [6, 6.07) is 0. The molecule has 2 bridgehead atoms. The highest BCUT2D eigenvalue weighted by atomic mass is 31.2. The molecule has 0 radical (unpaired) electrons. The third kappa shape index (κ3) is 27.9. The molecule has 72 heavy (non-hydrogen) atoms. The maximum absolute atomic E-state index is 13.8. The van der Waals surface area contributed by atoms with Crippen LogP contribution in [-0.2, 0) is 46.6 Å². The lowest BCUT2D eigenvalue weighted by molar-refractivity contribution is -0.164. The third-order valence-electron chi connectivity index (χ3n) is 11.8. The maximum Gasteiger partial charge on any atom is 0.472 e. The van der Waals surface area contributed by atoms with Gasteiger partial charge in [0.1, 0.15) is 36.8 Å². The second kappa shape index (κ2) is 36.7. The van der Waals surface area contributed by atoms with Gasteiger partial charge in [0.25, 0.3) is 0 Å². The average Bonchev–Trinajstić information content (AvgIpc) is 3.32. The Morgan fingerprint density at radius 1 is 0.806 bits per heavy atom. The molecule has 1 heterocycles. The fraction of sp³-hybridized carbons (Fsp3) is 0.667. The molecule has 1 aliphatic carbocycles. The van der Waals surface area contributed by atoms with E-state index in [0.29, 0.717) is 12.8 Å². The molecule has 0 aromatic heterocycles. The van der Waals surface area contributed by atoms with Crippen molar-refractivity contribution in [3.05, 3.63) is 85.1 Å². The summed E-state index contributed by atoms with van der Waals surface area (Å²) in [6.07, 6.45) is 15.4. The van der Waals surface area contributed by atoms with E-state index in [9.17, 15) is 68.8 Å². The van der Waals surface area contributed by atoms with E-state index in [2.05, 4.69) is 43.4 Å². The van der Waals surface area contributed by atoms with Crippen LogP contribution in [0.2, 0.25) is 0 Å². The quantitative estimate of drug-likeness (QED) is 0.0209. The predicted octanol–water partition coefficient (Wildman–Crippen LogP) is 6.76. The lowest BCUT2D eigenvalue weighted by Gasteiger charge is -2.38. The summed E-state index contributed by atoms with van der Waals surface area (Å²) in [6.45, 7) is 2.45. The van der Waals surface area contributed by atoms with E-state index in [0.717, 1.165) is 50.7 Å². The van der Waals surface area contributed by atoms with E-state index in [1.165, 1.54) is 25.3 Å². The van der Waals surface area contributed by atoms with Crippen LogP contribution >= 0.6 is 15.6 Å². The summed E-state index contributed by atoms with van der Waals surface area (Å²) in [4.78, 5) is 70.5. The number of esters is 2. The minimum Gasteiger partial charge on any atom is -0.462 e. The zero-order chi connectivity index (χ0) is 53.4. The summed E-state index contributed by atoms with van der Waals surface area (Å²) in [5.41, 5.74) is 0. The topological polar surface area (TPSA) is 314 Å². The van der Waals surface area contributed by atoms with Gasteiger partial charge in [-0.3, -0.25) is 28.0 Å². The van der Waals surface area contributed by atoms with Crippen molar-refractivity contribution < 1.29 is 91.9 Å². The van der Waals surface area contributed by atoms with Crippen molar-refractivity contribution in [3.8, 4) is 0 Å². The Morgan fingerprint density at radius 2 is 1.40 bits per heavy atom. The molecule has 1 fully saturated rings. The molecule has 21 heteroatoms. The van der Waals surface area contributed by atoms with Gasteiger partial charge in [0.2, 0.25) is 0 Å². The number of cyclic esters (lactones) is 1. The molecule has 19 nitrogen and oxygen atoms in total. The maximum atomic E-state index is 13.8. The monoisotopic (exact) mass is 1060 g/mol. The number of allylic oxidation sites excluding steroid dienone is 12. The van der Waals surface area contributed by atoms with E-state index in [-0.39, 0.29) is 44.9 Å². The molecule has 0 saturated heterocycles. The van der Waals surface area contributed by atoms with Crippen LogP contribution in [0.15, 0.2) is 85.1 Å². The molecule has 0 spiro atoms. The summed E-state index contributed by atoms with van der Waals surface area (Å²) in [7, 11) is -11.5. The van der Waals surface area contributed by atoms with Gasteiger partial charge in [0, 0.05) is 31.1 Å². The molecular weight excluding hydrogens is 978 g/mol. The van der Waals surface area contributed by atoms with Gasteiger partial charge < -0.3 is 54.8 Å². The van der Waals surface area contributed by atoms with Gasteiger partial charge in [0.15, 0.2) is 6.10 Å². The van der Waals surface area contributed by atoms with Crippen LogP contribution in [0.3, 0.4) is 0 Å². The highest BCUT2D eigenvalue weighted by molar-refractivity contribution is 7.47. The molecule has 9 N–H and O–H groups in total. The molecule has 1 aliphatic heterocycles. The molecular formula is C51H82O19P2. The van der Waals surface area contributed by atoms with Crippen LogP contribution in [0.25, 0.3) is 0 Å². The van der Waals surface area contributed by atoms with Crippen molar-refractivity contribution in [2.75, 3.05) is 13.2 Å². The predicted molar refractivity (Wildman–Crippen MR) is 269 cm³/mol. The van der Waals surface area contributed by atoms with Gasteiger partial charge in [-0.2, -0.15) is 0 Å². The summed E-state index contributed by atoms with van der Waals surface area (Å²) in [5, 5.41) is 68.2. The molecule has 2 aliphatic rings. The first-order chi connectivity index (χ1) is 34.3. The fourth-order valence-electron chi connectivity index (χ4n) is 7.76. The first kappa shape index (κ1) is 64.9. The third-order valence-corrected chi connectivity index (χ3v) is 13.3. The molecule has 1 saturated carbocycles. The van der Waals surface area contributed by atoms with Gasteiger partial charge >= 0.3 is 27.6 Å². The highest BCUT2D eigenvalue weighted by Crippen LogP contribution is 2.49. The largest absolute Gasteiger partial charge is 0.472 e. The van der Waals surface area contributed by atoms with E-state index >= 15 is 0 Å². The SMILES string of the molecule is CCCCC/C=C\C/C=C\C/C=C\C/C=C\C/C=C\CCC(=O)O[C@@H]1COC(=O)CCC/C=C\C[C@H]2C(=O)C[C@@H](O)[C@H](/C=C/[C@@H](O)CCCCC)[C@@H](O)[C@@H](OP(=O)(O)O)[C@@H](OP(=O)(O)OC1)[C@H](O)[C@@H](O)[C@@H]2O. The standard InChI is InChI=1S/C51H82O19P2/c1-3-5-7-8-9-10-11-12-13-14-15-16-17-18-19-20-21-22-28-32-45(56)68-39-36-66-44(55)31-27-24-23-26-30-40-42(53)35-43(54)41(34-33-38(52)29-25-6-4-2)47(58)50(69-71(61,62)63)51(49(60)48(59)46(40)57)70-72(64,65)67-37-39/h9-10,12-13,15-16,18-19,21-23,26,33-34,38-41,43,46-52,54,57-60H,3-8,11,14,17,20,24-25,27-32,35-37H2,1-2H3,(H,64,65)(H2,61,62,63)/b10-9-,13-12-,16-15-,19-18-,22-21-,26-23-,34-33+/t38-,39+,40-,41-,43+,46+,47+,48-,49+,50+,51-/m0/s1. The molecule has 0 aromatic carbocycles. The van der Waals surface area contributed by atoms with Crippen molar-refractivity contribution in [1.82, 2.24) is 0 Å². The second-order valence-corrected chi connectivity index (χ2v) is 20.6. The number of rotatable bonds is 24. The number of ether oxygens (including phenoxy) is 2. The Bertz CT molecular complexity index is 1870. The number of fused-ring (bicyclic) bond motifs is 4. The molecule has 0 aromatic rings. The molecule has 2 rings (SSSR count). The zero-order valence-corrected chi connectivity index (χ0v) is 43.6. The number of carbonyl (C=O) groups is 3. The number of hydrogen-bond acceptors (Lipinski definition) is 16. The lowest BCUT2D eigenvalue weighted by atomic mass is 9.84. The number of hydrogen-bond donors (Lipinski definition) is 9. The number of Topliss-reactive ketones (excluding diaryl/α,β-unsaturated/α-hetero) is 1. The van der Waals surface area contributed by atoms with E-state index in [4.69, 9.17) is 23.0 Å². The van der Waals surface area contributed by atoms with Crippen LogP contribution in [-0.4, -0.2) is 131 Å². The molecule has 0 amide bonds. The second-order valence-electron chi connectivity index (χ2n) is 18.0. The van der Waals surface area contributed by atoms with Crippen molar-refractivity contribution in [2.45, 2.75) is 191 Å². The number of phosphoric acid groups is 2. The Kier molecular flexibility index (Phi) is 33.0. The lowest BCUT2D eigenvalue weighted by Crippen LogP contribution is -2.56. The first-order valence-electron chi connectivity index (χ1n) is 25.2. The van der Waals surface area contributed by atoms with Crippen molar-refractivity contribution in [3.63, 3.8) is 0 Å². The molecule has 12 atom stereocenters. The fourth-order valence-corrected chi connectivity index (χ4v) is 9.29. The smallest absolute Gasteiger partial charge is 0.462 e. The Morgan fingerprint density at radius 3 is 2.01 bits per heavy atom. The number of aliphatic hydroxyl groups is 6. The molecule has 1 unspecified atom stereocenters. The summed E-state index contributed by atoms with van der Waals surface area (Å²) < 4.78 is 52.1. The zero-order valence-electron chi connectivity index (χ0n) is 41.8. The van der Waals surface area contributed by atoms with Crippen molar-refractivity contribution >= 4 is 33.4 Å². The van der Waals surface area contributed by atoms with Crippen LogP contribution < -0.4 is 0 Å². The van der Waals surface area contributed by atoms with Crippen LogP contribution in [0, 0.1) is 11.8 Å². The Hall–Kier alpha value is -3.23. The summed E-state index contributed by atoms with van der Waals surface area (Å²) >= 11 is 0. The molecule has 410 valence electrons.